The van der Waals surface area contributed by atoms with Gasteiger partial charge in [-0.3, -0.25) is 0 Å². The van der Waals surface area contributed by atoms with Crippen LogP contribution in [0.3, 0.4) is 0 Å². The summed E-state index contributed by atoms with van der Waals surface area (Å²) in [5.74, 6) is 0. The fourth-order valence-corrected chi connectivity index (χ4v) is 0.699. The first kappa shape index (κ1) is 23.5. The smallest absolute Gasteiger partial charge is 0.0158 e. The molecule has 0 amide bonds. The fraction of sp³-hybridized carbons (Fsp3) is 0.846. The van der Waals surface area contributed by atoms with Crippen molar-refractivity contribution in [2.75, 3.05) is 13.6 Å². The molecule has 90 valence electrons. The first-order chi connectivity index (χ1) is 6.81. The van der Waals surface area contributed by atoms with Gasteiger partial charge in [-0.1, -0.05) is 60.1 Å². The first-order valence-corrected chi connectivity index (χ1v) is 6.11. The molecule has 0 aliphatic carbocycles. The molecule has 0 bridgehead atoms. The number of hydrogen-bond donors (Lipinski definition) is 1. The molecule has 0 aromatic heterocycles. The van der Waals surface area contributed by atoms with Crippen molar-refractivity contribution < 1.29 is 0 Å². The van der Waals surface area contributed by atoms with Crippen molar-refractivity contribution in [1.29, 1.82) is 0 Å². The van der Waals surface area contributed by atoms with Crippen LogP contribution in [-0.2, 0) is 0 Å². The molecular formula is C13H33N. The van der Waals surface area contributed by atoms with Gasteiger partial charge in [-0.15, -0.1) is 0 Å². The van der Waals surface area contributed by atoms with E-state index in [0.29, 0.717) is 0 Å². The highest BCUT2D eigenvalue weighted by Crippen LogP contribution is 1.90. The summed E-state index contributed by atoms with van der Waals surface area (Å²) in [7, 11) is 1.97. The van der Waals surface area contributed by atoms with E-state index in [4.69, 9.17) is 0 Å². The molecule has 1 heteroatoms. The van der Waals surface area contributed by atoms with Crippen molar-refractivity contribution in [1.82, 2.24) is 5.32 Å². The Kier molecular flexibility index (Phi) is 65.0. The van der Waals surface area contributed by atoms with E-state index in [0.717, 1.165) is 13.0 Å². The zero-order valence-corrected chi connectivity index (χ0v) is 12.0. The van der Waals surface area contributed by atoms with E-state index in [-0.39, 0.29) is 0 Å². The maximum Gasteiger partial charge on any atom is 0.0158 e. The highest BCUT2D eigenvalue weighted by atomic mass is 14.8. The quantitative estimate of drug-likeness (QED) is 0.659. The molecule has 0 unspecified atom stereocenters. The minimum atomic E-state index is 1.02. The van der Waals surface area contributed by atoms with Gasteiger partial charge in [-0.2, -0.15) is 0 Å². The summed E-state index contributed by atoms with van der Waals surface area (Å²) in [5, 5.41) is 3.08. The summed E-state index contributed by atoms with van der Waals surface area (Å²) in [6.07, 6.45) is 3.38. The van der Waals surface area contributed by atoms with Crippen molar-refractivity contribution >= 4 is 0 Å². The number of hydrogen-bond acceptors (Lipinski definition) is 1. The molecule has 0 aliphatic rings. The van der Waals surface area contributed by atoms with Gasteiger partial charge in [-0.25, -0.2) is 0 Å². The summed E-state index contributed by atoms with van der Waals surface area (Å²) < 4.78 is 0. The molecular weight excluding hydrogens is 170 g/mol. The second-order valence-electron chi connectivity index (χ2n) is 1.99. The van der Waals surface area contributed by atoms with Crippen LogP contribution < -0.4 is 5.32 Å². The molecule has 0 heterocycles. The lowest BCUT2D eigenvalue weighted by molar-refractivity contribution is 0.873. The van der Waals surface area contributed by atoms with E-state index >= 15 is 0 Å². The molecule has 14 heavy (non-hydrogen) atoms. The standard InChI is InChI=1S/C7H15N.3C2H6/c1-4-5-7(2)6-8-3;3*1-2/h5,8H,4,6H2,1-3H3;3*1-2H3/b7-5+;;;. The van der Waals surface area contributed by atoms with Crippen LogP contribution in [0.5, 0.6) is 0 Å². The average Bonchev–Trinajstić information content (AvgIpc) is 2.27. The summed E-state index contributed by atoms with van der Waals surface area (Å²) in [5.41, 5.74) is 1.43. The van der Waals surface area contributed by atoms with Crippen molar-refractivity contribution in [3.63, 3.8) is 0 Å². The van der Waals surface area contributed by atoms with Gasteiger partial charge >= 0.3 is 0 Å². The van der Waals surface area contributed by atoms with Gasteiger partial charge in [0.15, 0.2) is 0 Å². The van der Waals surface area contributed by atoms with E-state index in [1.165, 1.54) is 5.57 Å². The van der Waals surface area contributed by atoms with Gasteiger partial charge in [0.2, 0.25) is 0 Å². The van der Waals surface area contributed by atoms with E-state index in [9.17, 15) is 0 Å². The molecule has 1 nitrogen and oxygen atoms in total. The predicted molar refractivity (Wildman–Crippen MR) is 72.0 cm³/mol. The van der Waals surface area contributed by atoms with Crippen molar-refractivity contribution in [2.24, 2.45) is 0 Å². The summed E-state index contributed by atoms with van der Waals surface area (Å²) >= 11 is 0. The van der Waals surface area contributed by atoms with Crippen LogP contribution in [-0.4, -0.2) is 13.6 Å². The van der Waals surface area contributed by atoms with Gasteiger partial charge in [0.05, 0.1) is 0 Å². The summed E-state index contributed by atoms with van der Waals surface area (Å²) in [6.45, 7) is 17.3. The Morgan fingerprint density at radius 1 is 1.00 bits per heavy atom. The molecule has 0 atom stereocenters. The largest absolute Gasteiger partial charge is 0.316 e. The SMILES string of the molecule is CC.CC.CC.CC/C=C(\C)CNC. The molecule has 0 aromatic rings. The molecule has 1 N–H and O–H groups in total. The van der Waals surface area contributed by atoms with E-state index in [1.807, 2.05) is 48.6 Å². The molecule has 0 aliphatic heterocycles. The maximum absolute atomic E-state index is 3.08. The van der Waals surface area contributed by atoms with Gasteiger partial charge in [-0.05, 0) is 20.4 Å². The Bertz CT molecular complexity index is 75.3. The maximum atomic E-state index is 3.08. The number of allylic oxidation sites excluding steroid dienone is 1. The number of rotatable bonds is 3. The second-order valence-corrected chi connectivity index (χ2v) is 1.99. The highest BCUT2D eigenvalue weighted by Gasteiger charge is 1.80. The van der Waals surface area contributed by atoms with Crippen LogP contribution in [0.1, 0.15) is 61.8 Å². The molecule has 0 aromatic carbocycles. The van der Waals surface area contributed by atoms with E-state index in [1.54, 1.807) is 0 Å². The second kappa shape index (κ2) is 38.7. The Hall–Kier alpha value is -0.300. The monoisotopic (exact) mass is 203 g/mol. The zero-order chi connectivity index (χ0) is 12.4. The van der Waals surface area contributed by atoms with E-state index < -0.39 is 0 Å². The predicted octanol–water partition coefficient (Wildman–Crippen LogP) is 4.64. The Morgan fingerprint density at radius 3 is 1.57 bits per heavy atom. The van der Waals surface area contributed by atoms with Crippen LogP contribution in [0, 0.1) is 0 Å². The van der Waals surface area contributed by atoms with Gasteiger partial charge < -0.3 is 5.32 Å². The van der Waals surface area contributed by atoms with Crippen LogP contribution in [0.2, 0.25) is 0 Å². The summed E-state index contributed by atoms with van der Waals surface area (Å²) in [4.78, 5) is 0. The topological polar surface area (TPSA) is 12.0 Å². The normalized spacial score (nSPS) is 8.21. The molecule has 0 radical (unpaired) electrons. The van der Waals surface area contributed by atoms with Crippen molar-refractivity contribution in [3.8, 4) is 0 Å². The molecule has 0 rings (SSSR count). The Morgan fingerprint density at radius 2 is 1.36 bits per heavy atom. The molecule has 0 saturated carbocycles. The third kappa shape index (κ3) is 41.2. The molecule has 0 fully saturated rings. The van der Waals surface area contributed by atoms with Crippen LogP contribution in [0.15, 0.2) is 11.6 Å². The van der Waals surface area contributed by atoms with Crippen molar-refractivity contribution in [2.45, 2.75) is 61.8 Å². The Balaban J connectivity index is -0.0000000708. The third-order valence-electron chi connectivity index (χ3n) is 1.01. The van der Waals surface area contributed by atoms with Gasteiger partial charge in [0.1, 0.15) is 0 Å². The molecule has 0 spiro atoms. The number of likely N-dealkylation sites (N-methyl/N-ethyl adjacent to an activating group) is 1. The van der Waals surface area contributed by atoms with E-state index in [2.05, 4.69) is 25.2 Å². The molecule has 0 saturated heterocycles. The van der Waals surface area contributed by atoms with Crippen molar-refractivity contribution in [3.05, 3.63) is 11.6 Å². The fourth-order valence-electron chi connectivity index (χ4n) is 0.699. The minimum absolute atomic E-state index is 1.02. The van der Waals surface area contributed by atoms with Gasteiger partial charge in [0, 0.05) is 6.54 Å². The third-order valence-corrected chi connectivity index (χ3v) is 1.01. The average molecular weight is 203 g/mol. The lowest BCUT2D eigenvalue weighted by atomic mass is 10.2. The Labute approximate surface area is 93.0 Å². The lowest BCUT2D eigenvalue weighted by Gasteiger charge is -1.95. The first-order valence-electron chi connectivity index (χ1n) is 6.11. The summed E-state index contributed by atoms with van der Waals surface area (Å²) in [6, 6.07) is 0. The van der Waals surface area contributed by atoms with Crippen LogP contribution in [0.25, 0.3) is 0 Å². The zero-order valence-electron chi connectivity index (χ0n) is 12.0. The number of nitrogens with one attached hydrogen (secondary N) is 1. The lowest BCUT2D eigenvalue weighted by Crippen LogP contribution is -2.08. The van der Waals surface area contributed by atoms with Crippen LogP contribution >= 0.6 is 0 Å². The minimum Gasteiger partial charge on any atom is -0.316 e. The van der Waals surface area contributed by atoms with Crippen LogP contribution in [0.4, 0.5) is 0 Å². The highest BCUT2D eigenvalue weighted by molar-refractivity contribution is 4.98. The van der Waals surface area contributed by atoms with Gasteiger partial charge in [0.25, 0.3) is 0 Å².